The third-order valence-electron chi connectivity index (χ3n) is 3.48. The van der Waals surface area contributed by atoms with Crippen LogP contribution in [0.15, 0.2) is 40.3 Å². The van der Waals surface area contributed by atoms with Crippen LogP contribution in [0.3, 0.4) is 0 Å². The zero-order valence-corrected chi connectivity index (χ0v) is 11.9. The van der Waals surface area contributed by atoms with Crippen LogP contribution in [0.1, 0.15) is 29.7 Å². The first-order valence-corrected chi connectivity index (χ1v) is 7.54. The van der Waals surface area contributed by atoms with Gasteiger partial charge in [-0.1, -0.05) is 11.8 Å². The molecule has 1 aliphatic rings. The number of hydrogen-bond acceptors (Lipinski definition) is 4. The maximum atomic E-state index is 9.32. The van der Waals surface area contributed by atoms with Gasteiger partial charge >= 0.3 is 0 Å². The topological polar surface area (TPSA) is 62.7 Å². The largest absolute Gasteiger partial charge is 0.399 e. The van der Waals surface area contributed by atoms with Crippen molar-refractivity contribution in [1.82, 2.24) is 4.98 Å². The third-order valence-corrected chi connectivity index (χ3v) is 4.49. The lowest BCUT2D eigenvalue weighted by Crippen LogP contribution is -2.07. The number of nitrogens with zero attached hydrogens (tertiary/aromatic N) is 2. The average Bonchev–Trinajstić information content (AvgIpc) is 2.49. The molecule has 0 fully saturated rings. The summed E-state index contributed by atoms with van der Waals surface area (Å²) in [7, 11) is 0. The van der Waals surface area contributed by atoms with Crippen molar-refractivity contribution in [2.45, 2.75) is 35.6 Å². The SMILES string of the molecule is N#Cc1cc2c(nc1Sc1ccc(N)cc1)CCCC2. The predicted octanol–water partition coefficient (Wildman–Crippen LogP) is 3.57. The van der Waals surface area contributed by atoms with E-state index in [9.17, 15) is 5.26 Å². The number of rotatable bonds is 2. The molecule has 0 amide bonds. The van der Waals surface area contributed by atoms with Gasteiger partial charge in [0.25, 0.3) is 0 Å². The van der Waals surface area contributed by atoms with Crippen LogP contribution >= 0.6 is 11.8 Å². The Labute approximate surface area is 122 Å². The minimum Gasteiger partial charge on any atom is -0.399 e. The van der Waals surface area contributed by atoms with Gasteiger partial charge < -0.3 is 5.73 Å². The van der Waals surface area contributed by atoms with Crippen molar-refractivity contribution in [2.24, 2.45) is 0 Å². The van der Waals surface area contributed by atoms with Gasteiger partial charge in [-0.2, -0.15) is 5.26 Å². The summed E-state index contributed by atoms with van der Waals surface area (Å²) in [5.74, 6) is 0. The molecular weight excluding hydrogens is 266 g/mol. The molecule has 1 aliphatic carbocycles. The average molecular weight is 281 g/mol. The van der Waals surface area contributed by atoms with Crippen LogP contribution in [-0.2, 0) is 12.8 Å². The molecule has 0 radical (unpaired) electrons. The Morgan fingerprint density at radius 2 is 1.90 bits per heavy atom. The fourth-order valence-corrected chi connectivity index (χ4v) is 3.29. The fraction of sp³-hybridized carbons (Fsp3) is 0.250. The molecule has 20 heavy (non-hydrogen) atoms. The van der Waals surface area contributed by atoms with Gasteiger partial charge in [0.15, 0.2) is 0 Å². The van der Waals surface area contributed by atoms with Crippen molar-refractivity contribution in [3.05, 3.63) is 47.2 Å². The lowest BCUT2D eigenvalue weighted by molar-refractivity contribution is 0.660. The number of pyridine rings is 1. The Balaban J connectivity index is 1.96. The monoisotopic (exact) mass is 281 g/mol. The Kier molecular flexibility index (Phi) is 3.62. The normalized spacial score (nSPS) is 13.6. The van der Waals surface area contributed by atoms with Gasteiger partial charge in [0.2, 0.25) is 0 Å². The summed E-state index contributed by atoms with van der Waals surface area (Å²) in [6, 6.07) is 11.9. The molecule has 0 aliphatic heterocycles. The number of nitrogens with two attached hydrogens (primary N) is 1. The second-order valence-corrected chi connectivity index (χ2v) is 6.00. The standard InChI is InChI=1S/C16H15N3S/c17-10-12-9-11-3-1-2-4-15(11)19-16(12)20-14-7-5-13(18)6-8-14/h5-9H,1-4,18H2. The van der Waals surface area contributed by atoms with E-state index in [0.717, 1.165) is 34.1 Å². The molecule has 2 N–H and O–H groups in total. The highest BCUT2D eigenvalue weighted by molar-refractivity contribution is 7.99. The van der Waals surface area contributed by atoms with Crippen molar-refractivity contribution >= 4 is 17.4 Å². The molecule has 0 unspecified atom stereocenters. The van der Waals surface area contributed by atoms with Crippen molar-refractivity contribution in [3.8, 4) is 6.07 Å². The van der Waals surface area contributed by atoms with Gasteiger partial charge in [0.05, 0.1) is 5.56 Å². The van der Waals surface area contributed by atoms with Gasteiger partial charge in [-0.3, -0.25) is 0 Å². The van der Waals surface area contributed by atoms with Crippen molar-refractivity contribution in [2.75, 3.05) is 5.73 Å². The van der Waals surface area contributed by atoms with Crippen LogP contribution in [0.4, 0.5) is 5.69 Å². The van der Waals surface area contributed by atoms with E-state index >= 15 is 0 Å². The zero-order chi connectivity index (χ0) is 13.9. The Bertz CT molecular complexity index is 671. The van der Waals surface area contributed by atoms with Gasteiger partial charge in [0.1, 0.15) is 11.1 Å². The summed E-state index contributed by atoms with van der Waals surface area (Å²) >= 11 is 1.53. The van der Waals surface area contributed by atoms with E-state index in [4.69, 9.17) is 10.7 Å². The Hall–Kier alpha value is -1.99. The van der Waals surface area contributed by atoms with Crippen molar-refractivity contribution in [1.29, 1.82) is 5.26 Å². The highest BCUT2D eigenvalue weighted by Gasteiger charge is 2.15. The number of benzene rings is 1. The highest BCUT2D eigenvalue weighted by Crippen LogP contribution is 2.32. The second-order valence-electron chi connectivity index (χ2n) is 4.94. The van der Waals surface area contributed by atoms with Crippen LogP contribution in [0.5, 0.6) is 0 Å². The summed E-state index contributed by atoms with van der Waals surface area (Å²) in [5, 5.41) is 10.1. The summed E-state index contributed by atoms with van der Waals surface area (Å²) in [4.78, 5) is 5.77. The van der Waals surface area contributed by atoms with E-state index in [-0.39, 0.29) is 0 Å². The molecule has 2 aromatic rings. The van der Waals surface area contributed by atoms with E-state index in [1.807, 2.05) is 30.3 Å². The summed E-state index contributed by atoms with van der Waals surface area (Å²) < 4.78 is 0. The second kappa shape index (κ2) is 5.56. The first-order valence-electron chi connectivity index (χ1n) is 6.72. The predicted molar refractivity (Wildman–Crippen MR) is 80.6 cm³/mol. The molecule has 4 heteroatoms. The quantitative estimate of drug-likeness (QED) is 0.855. The van der Waals surface area contributed by atoms with Crippen LogP contribution in [0, 0.1) is 11.3 Å². The first kappa shape index (κ1) is 13.0. The fourth-order valence-electron chi connectivity index (χ4n) is 2.42. The number of nitriles is 1. The molecule has 1 heterocycles. The number of aryl methyl sites for hydroxylation is 2. The molecule has 0 atom stereocenters. The molecule has 1 aromatic heterocycles. The van der Waals surface area contributed by atoms with Gasteiger partial charge in [-0.15, -0.1) is 0 Å². The van der Waals surface area contributed by atoms with Crippen LogP contribution < -0.4 is 5.73 Å². The van der Waals surface area contributed by atoms with E-state index in [2.05, 4.69) is 6.07 Å². The maximum Gasteiger partial charge on any atom is 0.119 e. The lowest BCUT2D eigenvalue weighted by Gasteiger charge is -2.16. The van der Waals surface area contributed by atoms with Gasteiger partial charge in [-0.25, -0.2) is 4.98 Å². The third kappa shape index (κ3) is 2.63. The summed E-state index contributed by atoms with van der Waals surface area (Å²) in [6.45, 7) is 0. The molecular formula is C16H15N3S. The minimum atomic E-state index is 0.674. The lowest BCUT2D eigenvalue weighted by atomic mass is 9.95. The van der Waals surface area contributed by atoms with Crippen LogP contribution in [0.2, 0.25) is 0 Å². The molecule has 0 saturated heterocycles. The molecule has 0 saturated carbocycles. The first-order chi connectivity index (χ1) is 9.76. The van der Waals surface area contributed by atoms with Gasteiger partial charge in [-0.05, 0) is 61.6 Å². The molecule has 100 valence electrons. The summed E-state index contributed by atoms with van der Waals surface area (Å²) in [6.07, 6.45) is 4.46. The molecule has 3 nitrogen and oxygen atoms in total. The van der Waals surface area contributed by atoms with Crippen molar-refractivity contribution < 1.29 is 0 Å². The Morgan fingerprint density at radius 1 is 1.15 bits per heavy atom. The molecule has 0 bridgehead atoms. The summed E-state index contributed by atoms with van der Waals surface area (Å²) in [5.41, 5.74) is 9.51. The van der Waals surface area contributed by atoms with E-state index < -0.39 is 0 Å². The maximum absolute atomic E-state index is 9.32. The van der Waals surface area contributed by atoms with Crippen LogP contribution in [-0.4, -0.2) is 4.98 Å². The van der Waals surface area contributed by atoms with E-state index in [1.54, 1.807) is 0 Å². The van der Waals surface area contributed by atoms with Gasteiger partial charge in [0, 0.05) is 16.3 Å². The number of anilines is 1. The Morgan fingerprint density at radius 3 is 2.65 bits per heavy atom. The molecule has 1 aromatic carbocycles. The van der Waals surface area contributed by atoms with Crippen LogP contribution in [0.25, 0.3) is 0 Å². The number of hydrogen-bond donors (Lipinski definition) is 1. The number of nitrogen functional groups attached to an aromatic ring is 1. The molecule has 3 rings (SSSR count). The highest BCUT2D eigenvalue weighted by atomic mass is 32.2. The van der Waals surface area contributed by atoms with E-state index in [0.29, 0.717) is 5.56 Å². The van der Waals surface area contributed by atoms with Crippen molar-refractivity contribution in [3.63, 3.8) is 0 Å². The smallest absolute Gasteiger partial charge is 0.119 e. The minimum absolute atomic E-state index is 0.674. The zero-order valence-electron chi connectivity index (χ0n) is 11.1. The molecule has 0 spiro atoms. The van der Waals surface area contributed by atoms with E-state index in [1.165, 1.54) is 30.2 Å². The number of aromatic nitrogens is 1. The number of fused-ring (bicyclic) bond motifs is 1.